The number of carbonyl (C=O) groups is 1. The average molecular weight is 296 g/mol. The first-order valence-electron chi connectivity index (χ1n) is 6.72. The largest absolute Gasteiger partial charge is 0.441 e. The normalized spacial score (nSPS) is 11.2. The molecule has 4 nitrogen and oxygen atoms in total. The highest BCUT2D eigenvalue weighted by Crippen LogP contribution is 2.19. The summed E-state index contributed by atoms with van der Waals surface area (Å²) < 4.78 is 18.2. The van der Waals surface area contributed by atoms with Crippen LogP contribution in [0.3, 0.4) is 0 Å². The monoisotopic (exact) mass is 296 g/mol. The number of nitrogens with one attached hydrogen (secondary N) is 1. The average Bonchev–Trinajstić information content (AvgIpc) is 2.86. The Bertz CT molecular complexity index is 851. The van der Waals surface area contributed by atoms with Gasteiger partial charge in [0.15, 0.2) is 11.5 Å². The molecular weight excluding hydrogens is 283 g/mol. The van der Waals surface area contributed by atoms with Gasteiger partial charge >= 0.3 is 0 Å². The maximum atomic E-state index is 12.8. The minimum absolute atomic E-state index is 0.274. The summed E-state index contributed by atoms with van der Waals surface area (Å²) in [6, 6.07) is 11.1. The fourth-order valence-electron chi connectivity index (χ4n) is 2.05. The first-order valence-corrected chi connectivity index (χ1v) is 6.72. The van der Waals surface area contributed by atoms with E-state index in [1.807, 2.05) is 0 Å². The number of anilines is 1. The topological polar surface area (TPSA) is 55.1 Å². The molecule has 2 aromatic carbocycles. The van der Waals surface area contributed by atoms with E-state index in [0.717, 1.165) is 5.56 Å². The Labute approximate surface area is 126 Å². The fraction of sp³-hybridized carbons (Fsp3) is 0.0588. The molecule has 0 atom stereocenters. The van der Waals surface area contributed by atoms with Crippen LogP contribution < -0.4 is 5.32 Å². The van der Waals surface area contributed by atoms with Crippen molar-refractivity contribution in [3.8, 4) is 0 Å². The molecule has 5 heteroatoms. The SMILES string of the molecule is Cc1nc2cc(NC(=O)/C=C/c3ccc(F)cc3)ccc2o1. The van der Waals surface area contributed by atoms with Gasteiger partial charge in [0, 0.05) is 18.7 Å². The predicted molar refractivity (Wildman–Crippen MR) is 82.8 cm³/mol. The van der Waals surface area contributed by atoms with Crippen LogP contribution in [0.25, 0.3) is 17.2 Å². The van der Waals surface area contributed by atoms with Crippen LogP contribution in [0.4, 0.5) is 10.1 Å². The van der Waals surface area contributed by atoms with Gasteiger partial charge in [-0.1, -0.05) is 12.1 Å². The highest BCUT2D eigenvalue weighted by atomic mass is 19.1. The van der Waals surface area contributed by atoms with Gasteiger partial charge in [0.25, 0.3) is 0 Å². The third-order valence-electron chi connectivity index (χ3n) is 3.06. The molecule has 110 valence electrons. The number of carbonyl (C=O) groups excluding carboxylic acids is 1. The summed E-state index contributed by atoms with van der Waals surface area (Å²) in [7, 11) is 0. The van der Waals surface area contributed by atoms with E-state index in [1.165, 1.54) is 18.2 Å². The minimum atomic E-state index is -0.308. The van der Waals surface area contributed by atoms with Crippen LogP contribution in [0.5, 0.6) is 0 Å². The highest BCUT2D eigenvalue weighted by Gasteiger charge is 2.04. The van der Waals surface area contributed by atoms with Gasteiger partial charge in [-0.3, -0.25) is 4.79 Å². The molecule has 0 spiro atoms. The van der Waals surface area contributed by atoms with Crippen LogP contribution in [0.1, 0.15) is 11.5 Å². The summed E-state index contributed by atoms with van der Waals surface area (Å²) in [5.41, 5.74) is 2.75. The molecule has 22 heavy (non-hydrogen) atoms. The van der Waals surface area contributed by atoms with Crippen molar-refractivity contribution in [1.82, 2.24) is 4.98 Å². The number of amides is 1. The Hall–Kier alpha value is -2.95. The van der Waals surface area contributed by atoms with E-state index in [2.05, 4.69) is 10.3 Å². The Morgan fingerprint density at radius 3 is 2.77 bits per heavy atom. The molecule has 0 saturated carbocycles. The second kappa shape index (κ2) is 5.81. The number of benzene rings is 2. The standard InChI is InChI=1S/C17H13FN2O2/c1-11-19-15-10-14(7-8-16(15)22-11)20-17(21)9-4-12-2-5-13(18)6-3-12/h2-10H,1H3,(H,20,21)/b9-4+. The molecular formula is C17H13FN2O2. The van der Waals surface area contributed by atoms with Gasteiger partial charge in [0.05, 0.1) is 0 Å². The molecule has 3 rings (SSSR count). The summed E-state index contributed by atoms with van der Waals surface area (Å²) in [6.45, 7) is 1.77. The maximum Gasteiger partial charge on any atom is 0.248 e. The van der Waals surface area contributed by atoms with Crippen molar-refractivity contribution in [2.24, 2.45) is 0 Å². The summed E-state index contributed by atoms with van der Waals surface area (Å²) >= 11 is 0. The van der Waals surface area contributed by atoms with Crippen LogP contribution in [-0.4, -0.2) is 10.9 Å². The molecule has 0 aliphatic carbocycles. The first-order chi connectivity index (χ1) is 10.6. The number of aryl methyl sites for hydroxylation is 1. The molecule has 1 N–H and O–H groups in total. The van der Waals surface area contributed by atoms with Crippen molar-refractivity contribution >= 4 is 28.8 Å². The smallest absolute Gasteiger partial charge is 0.248 e. The number of rotatable bonds is 3. The van der Waals surface area contributed by atoms with E-state index >= 15 is 0 Å². The maximum absolute atomic E-state index is 12.8. The lowest BCUT2D eigenvalue weighted by atomic mass is 10.2. The van der Waals surface area contributed by atoms with Gasteiger partial charge in [-0.15, -0.1) is 0 Å². The van der Waals surface area contributed by atoms with Crippen LogP contribution in [0.2, 0.25) is 0 Å². The van der Waals surface area contributed by atoms with Crippen molar-refractivity contribution in [3.63, 3.8) is 0 Å². The van der Waals surface area contributed by atoms with Gasteiger partial charge in [0.2, 0.25) is 5.91 Å². The molecule has 0 fully saturated rings. The Balaban J connectivity index is 1.70. The van der Waals surface area contributed by atoms with Crippen LogP contribution >= 0.6 is 0 Å². The van der Waals surface area contributed by atoms with E-state index in [9.17, 15) is 9.18 Å². The number of aromatic nitrogens is 1. The molecule has 0 aliphatic rings. The number of nitrogens with zero attached hydrogens (tertiary/aromatic N) is 1. The lowest BCUT2D eigenvalue weighted by molar-refractivity contribution is -0.111. The van der Waals surface area contributed by atoms with E-state index in [-0.39, 0.29) is 11.7 Å². The molecule has 0 unspecified atom stereocenters. The van der Waals surface area contributed by atoms with E-state index in [0.29, 0.717) is 22.7 Å². The lowest BCUT2D eigenvalue weighted by Gasteiger charge is -2.01. The summed E-state index contributed by atoms with van der Waals surface area (Å²) in [5, 5.41) is 2.74. The predicted octanol–water partition coefficient (Wildman–Crippen LogP) is 3.93. The molecule has 0 aliphatic heterocycles. The molecule has 0 bridgehead atoms. The second-order valence-electron chi connectivity index (χ2n) is 4.79. The number of fused-ring (bicyclic) bond motifs is 1. The molecule has 3 aromatic rings. The second-order valence-corrected chi connectivity index (χ2v) is 4.79. The summed E-state index contributed by atoms with van der Waals surface area (Å²) in [6.07, 6.45) is 3.01. The number of oxazole rings is 1. The highest BCUT2D eigenvalue weighted by molar-refractivity contribution is 6.02. The van der Waals surface area contributed by atoms with Crippen molar-refractivity contribution in [2.75, 3.05) is 5.32 Å². The van der Waals surface area contributed by atoms with Crippen LogP contribution in [0.15, 0.2) is 53.0 Å². The lowest BCUT2D eigenvalue weighted by Crippen LogP contribution is -2.07. The van der Waals surface area contributed by atoms with Crippen molar-refractivity contribution in [3.05, 3.63) is 65.8 Å². The van der Waals surface area contributed by atoms with Gasteiger partial charge in [-0.2, -0.15) is 0 Å². The molecule has 0 radical (unpaired) electrons. The van der Waals surface area contributed by atoms with Crippen molar-refractivity contribution < 1.29 is 13.6 Å². The molecule has 1 heterocycles. The Morgan fingerprint density at radius 2 is 2.00 bits per heavy atom. The zero-order chi connectivity index (χ0) is 15.5. The Morgan fingerprint density at radius 1 is 1.23 bits per heavy atom. The van der Waals surface area contributed by atoms with Gasteiger partial charge in [-0.05, 0) is 42.0 Å². The van der Waals surface area contributed by atoms with Gasteiger partial charge in [0.1, 0.15) is 11.3 Å². The quantitative estimate of drug-likeness (QED) is 0.745. The summed E-state index contributed by atoms with van der Waals surface area (Å²) in [5.74, 6) is -0.00335. The van der Waals surface area contributed by atoms with Crippen molar-refractivity contribution in [2.45, 2.75) is 6.92 Å². The first kappa shape index (κ1) is 14.0. The third kappa shape index (κ3) is 3.20. The molecule has 1 aromatic heterocycles. The van der Waals surface area contributed by atoms with Crippen molar-refractivity contribution in [1.29, 1.82) is 0 Å². The van der Waals surface area contributed by atoms with Crippen LogP contribution in [0, 0.1) is 12.7 Å². The summed E-state index contributed by atoms with van der Waals surface area (Å²) in [4.78, 5) is 16.1. The minimum Gasteiger partial charge on any atom is -0.441 e. The van der Waals surface area contributed by atoms with E-state index in [1.54, 1.807) is 43.3 Å². The zero-order valence-electron chi connectivity index (χ0n) is 11.8. The van der Waals surface area contributed by atoms with Gasteiger partial charge in [-0.25, -0.2) is 9.37 Å². The number of halogens is 1. The van der Waals surface area contributed by atoms with E-state index in [4.69, 9.17) is 4.42 Å². The van der Waals surface area contributed by atoms with Gasteiger partial charge < -0.3 is 9.73 Å². The van der Waals surface area contributed by atoms with E-state index < -0.39 is 0 Å². The molecule has 0 saturated heterocycles. The number of hydrogen-bond acceptors (Lipinski definition) is 3. The fourth-order valence-corrected chi connectivity index (χ4v) is 2.05. The molecule has 1 amide bonds. The Kier molecular flexibility index (Phi) is 3.70. The zero-order valence-corrected chi connectivity index (χ0v) is 11.8. The number of hydrogen-bond donors (Lipinski definition) is 1. The van der Waals surface area contributed by atoms with Crippen LogP contribution in [-0.2, 0) is 4.79 Å². The third-order valence-corrected chi connectivity index (χ3v) is 3.06.